The van der Waals surface area contributed by atoms with Crippen LogP contribution in [0.5, 0.6) is 5.75 Å². The number of halogens is 2. The summed E-state index contributed by atoms with van der Waals surface area (Å²) in [6.45, 7) is 0.0578. The predicted molar refractivity (Wildman–Crippen MR) is 70.7 cm³/mol. The van der Waals surface area contributed by atoms with Crippen molar-refractivity contribution >= 4 is 17.5 Å². The lowest BCUT2D eigenvalue weighted by molar-refractivity contribution is 0.100. The van der Waals surface area contributed by atoms with E-state index in [4.69, 9.17) is 22.1 Å². The van der Waals surface area contributed by atoms with Crippen molar-refractivity contribution in [1.82, 2.24) is 0 Å². The largest absolute Gasteiger partial charge is 0.487 e. The highest BCUT2D eigenvalue weighted by atomic mass is 35.5. The van der Waals surface area contributed by atoms with Crippen molar-refractivity contribution in [2.45, 2.75) is 6.61 Å². The summed E-state index contributed by atoms with van der Waals surface area (Å²) < 4.78 is 18.8. The van der Waals surface area contributed by atoms with Crippen LogP contribution in [0.1, 0.15) is 15.9 Å². The van der Waals surface area contributed by atoms with Gasteiger partial charge in [0.2, 0.25) is 5.91 Å². The van der Waals surface area contributed by atoms with Crippen molar-refractivity contribution in [2.24, 2.45) is 5.73 Å². The minimum absolute atomic E-state index is 0.0578. The molecule has 19 heavy (non-hydrogen) atoms. The molecular weight excluding hydrogens is 269 g/mol. The molecule has 0 radical (unpaired) electrons. The molecule has 0 aromatic heterocycles. The van der Waals surface area contributed by atoms with Gasteiger partial charge < -0.3 is 10.5 Å². The highest BCUT2D eigenvalue weighted by molar-refractivity contribution is 6.32. The molecule has 2 aromatic carbocycles. The van der Waals surface area contributed by atoms with Crippen LogP contribution in [0.15, 0.2) is 42.5 Å². The Balaban J connectivity index is 2.12. The first-order valence-electron chi connectivity index (χ1n) is 5.53. The summed E-state index contributed by atoms with van der Waals surface area (Å²) in [4.78, 5) is 11.0. The van der Waals surface area contributed by atoms with Crippen LogP contribution in [0.2, 0.25) is 5.02 Å². The van der Waals surface area contributed by atoms with Crippen molar-refractivity contribution in [2.75, 3.05) is 0 Å². The zero-order chi connectivity index (χ0) is 13.8. The van der Waals surface area contributed by atoms with Gasteiger partial charge in [0, 0.05) is 11.1 Å². The molecular formula is C14H11ClFNO2. The normalized spacial score (nSPS) is 10.2. The summed E-state index contributed by atoms with van der Waals surface area (Å²) >= 11 is 5.95. The van der Waals surface area contributed by atoms with Crippen LogP contribution in [0.4, 0.5) is 4.39 Å². The van der Waals surface area contributed by atoms with Crippen LogP contribution in [0.25, 0.3) is 0 Å². The third kappa shape index (κ3) is 3.23. The summed E-state index contributed by atoms with van der Waals surface area (Å²) in [5, 5.41) is 0.257. The Hall–Kier alpha value is -2.07. The average molecular weight is 280 g/mol. The smallest absolute Gasteiger partial charge is 0.248 e. The minimum Gasteiger partial charge on any atom is -0.487 e. The van der Waals surface area contributed by atoms with Crippen LogP contribution in [0, 0.1) is 5.82 Å². The van der Waals surface area contributed by atoms with Crippen molar-refractivity contribution in [3.05, 3.63) is 64.4 Å². The number of nitrogens with two attached hydrogens (primary N) is 1. The maximum absolute atomic E-state index is 13.4. The van der Waals surface area contributed by atoms with Crippen LogP contribution < -0.4 is 10.5 Å². The van der Waals surface area contributed by atoms with Gasteiger partial charge in [0.05, 0.1) is 5.02 Å². The van der Waals surface area contributed by atoms with Crippen LogP contribution in [-0.4, -0.2) is 5.91 Å². The topological polar surface area (TPSA) is 52.3 Å². The summed E-state index contributed by atoms with van der Waals surface area (Å²) in [5.74, 6) is -0.537. The SMILES string of the molecule is NC(=O)c1ccc(OCc2ccccc2F)c(Cl)c1. The van der Waals surface area contributed by atoms with Gasteiger partial charge in [0.25, 0.3) is 0 Å². The molecule has 1 amide bonds. The van der Waals surface area contributed by atoms with E-state index in [0.29, 0.717) is 16.9 Å². The molecule has 3 nitrogen and oxygen atoms in total. The molecule has 0 bridgehead atoms. The highest BCUT2D eigenvalue weighted by Gasteiger charge is 2.08. The molecule has 0 fully saturated rings. The molecule has 0 saturated heterocycles. The molecule has 0 unspecified atom stereocenters. The first-order valence-corrected chi connectivity index (χ1v) is 5.91. The zero-order valence-corrected chi connectivity index (χ0v) is 10.7. The first kappa shape index (κ1) is 13.4. The van der Waals surface area contributed by atoms with Gasteiger partial charge in [0.1, 0.15) is 18.2 Å². The van der Waals surface area contributed by atoms with Gasteiger partial charge in [-0.1, -0.05) is 29.8 Å². The number of primary amides is 1. The fourth-order valence-corrected chi connectivity index (χ4v) is 1.78. The Bertz CT molecular complexity index is 616. The van der Waals surface area contributed by atoms with Crippen LogP contribution in [0.3, 0.4) is 0 Å². The van der Waals surface area contributed by atoms with E-state index >= 15 is 0 Å². The second-order valence-corrected chi connectivity index (χ2v) is 4.30. The number of benzene rings is 2. The van der Waals surface area contributed by atoms with E-state index < -0.39 is 5.91 Å². The van der Waals surface area contributed by atoms with Crippen molar-refractivity contribution in [1.29, 1.82) is 0 Å². The Morgan fingerprint density at radius 1 is 1.26 bits per heavy atom. The highest BCUT2D eigenvalue weighted by Crippen LogP contribution is 2.26. The van der Waals surface area contributed by atoms with Gasteiger partial charge in [-0.15, -0.1) is 0 Å². The third-order valence-corrected chi connectivity index (χ3v) is 2.85. The van der Waals surface area contributed by atoms with E-state index in [9.17, 15) is 9.18 Å². The van der Waals surface area contributed by atoms with Crippen molar-refractivity contribution in [3.8, 4) is 5.75 Å². The lowest BCUT2D eigenvalue weighted by atomic mass is 10.2. The Morgan fingerprint density at radius 3 is 2.63 bits per heavy atom. The molecule has 5 heteroatoms. The number of carbonyl (C=O) groups excluding carboxylic acids is 1. The van der Waals surface area contributed by atoms with Gasteiger partial charge in [0.15, 0.2) is 0 Å². The van der Waals surface area contributed by atoms with Gasteiger partial charge in [-0.2, -0.15) is 0 Å². The molecule has 2 N–H and O–H groups in total. The molecule has 0 atom stereocenters. The van der Waals surface area contributed by atoms with E-state index in [1.54, 1.807) is 18.2 Å². The Kier molecular flexibility index (Phi) is 4.02. The quantitative estimate of drug-likeness (QED) is 0.935. The molecule has 0 aliphatic rings. The third-order valence-electron chi connectivity index (χ3n) is 2.56. The van der Waals surface area contributed by atoms with Crippen LogP contribution in [-0.2, 0) is 6.61 Å². The summed E-state index contributed by atoms with van der Waals surface area (Å²) in [7, 11) is 0. The lowest BCUT2D eigenvalue weighted by Gasteiger charge is -2.09. The van der Waals surface area contributed by atoms with Gasteiger partial charge >= 0.3 is 0 Å². The fourth-order valence-electron chi connectivity index (χ4n) is 1.54. The maximum Gasteiger partial charge on any atom is 0.248 e. The molecule has 0 spiro atoms. The monoisotopic (exact) mass is 279 g/mol. The molecule has 0 aliphatic heterocycles. The molecule has 2 aromatic rings. The molecule has 0 heterocycles. The lowest BCUT2D eigenvalue weighted by Crippen LogP contribution is -2.10. The number of hydrogen-bond acceptors (Lipinski definition) is 2. The molecule has 0 aliphatic carbocycles. The second-order valence-electron chi connectivity index (χ2n) is 3.89. The second kappa shape index (κ2) is 5.71. The number of hydrogen-bond donors (Lipinski definition) is 1. The van der Waals surface area contributed by atoms with Gasteiger partial charge in [-0.3, -0.25) is 4.79 Å². The molecule has 2 rings (SSSR count). The number of ether oxygens (including phenoxy) is 1. The van der Waals surface area contributed by atoms with E-state index in [-0.39, 0.29) is 17.4 Å². The molecule has 98 valence electrons. The van der Waals surface area contributed by atoms with E-state index in [1.165, 1.54) is 24.3 Å². The van der Waals surface area contributed by atoms with Crippen LogP contribution >= 0.6 is 11.6 Å². The number of carbonyl (C=O) groups is 1. The van der Waals surface area contributed by atoms with Crippen molar-refractivity contribution in [3.63, 3.8) is 0 Å². The standard InChI is InChI=1S/C14H11ClFNO2/c15-11-7-9(14(17)18)5-6-13(11)19-8-10-3-1-2-4-12(10)16/h1-7H,8H2,(H2,17,18). The fraction of sp³-hybridized carbons (Fsp3) is 0.0714. The molecule has 0 saturated carbocycles. The van der Waals surface area contributed by atoms with E-state index in [0.717, 1.165) is 0 Å². The average Bonchev–Trinajstić information content (AvgIpc) is 2.39. The van der Waals surface area contributed by atoms with E-state index in [2.05, 4.69) is 0 Å². The van der Waals surface area contributed by atoms with E-state index in [1.807, 2.05) is 0 Å². The zero-order valence-electron chi connectivity index (χ0n) is 9.90. The summed E-state index contributed by atoms with van der Waals surface area (Å²) in [6.07, 6.45) is 0. The van der Waals surface area contributed by atoms with Crippen molar-refractivity contribution < 1.29 is 13.9 Å². The predicted octanol–water partition coefficient (Wildman–Crippen LogP) is 3.16. The number of amides is 1. The number of rotatable bonds is 4. The summed E-state index contributed by atoms with van der Waals surface area (Å²) in [5.41, 5.74) is 5.85. The summed E-state index contributed by atoms with van der Waals surface area (Å²) in [6, 6.07) is 10.8. The Labute approximate surface area is 114 Å². The van der Waals surface area contributed by atoms with Gasteiger partial charge in [-0.25, -0.2) is 4.39 Å². The first-order chi connectivity index (χ1) is 9.08. The maximum atomic E-state index is 13.4. The minimum atomic E-state index is -0.567. The Morgan fingerprint density at radius 2 is 2.00 bits per heavy atom. The van der Waals surface area contributed by atoms with Gasteiger partial charge in [-0.05, 0) is 24.3 Å².